The van der Waals surface area contributed by atoms with Crippen molar-refractivity contribution in [2.75, 3.05) is 13.4 Å². The van der Waals surface area contributed by atoms with E-state index in [1.54, 1.807) is 18.2 Å². The SMILES string of the molecule is COc1ccc(C(C)NC(=O)c2ccccc2SC)cc1F. The molecule has 0 heterocycles. The molecule has 0 aliphatic rings. The molecular weight excluding hydrogens is 301 g/mol. The van der Waals surface area contributed by atoms with Gasteiger partial charge in [-0.3, -0.25) is 4.79 Å². The number of ether oxygens (including phenoxy) is 1. The molecule has 2 rings (SSSR count). The fourth-order valence-corrected chi connectivity index (χ4v) is 2.74. The number of methoxy groups -OCH3 is 1. The quantitative estimate of drug-likeness (QED) is 0.845. The molecule has 1 amide bonds. The first-order valence-corrected chi connectivity index (χ1v) is 8.06. The van der Waals surface area contributed by atoms with Crippen LogP contribution in [0.1, 0.15) is 28.9 Å². The summed E-state index contributed by atoms with van der Waals surface area (Å²) in [5.74, 6) is -0.422. The Morgan fingerprint density at radius 1 is 1.27 bits per heavy atom. The summed E-state index contributed by atoms with van der Waals surface area (Å²) in [5.41, 5.74) is 1.31. The second-order valence-corrected chi connectivity index (χ2v) is 5.64. The number of benzene rings is 2. The molecule has 0 saturated carbocycles. The third-order valence-corrected chi connectivity index (χ3v) is 4.17. The average Bonchev–Trinajstić information content (AvgIpc) is 2.54. The van der Waals surface area contributed by atoms with Crippen molar-refractivity contribution in [2.45, 2.75) is 17.9 Å². The highest BCUT2D eigenvalue weighted by Gasteiger charge is 2.15. The zero-order chi connectivity index (χ0) is 16.1. The Labute approximate surface area is 133 Å². The van der Waals surface area contributed by atoms with E-state index in [1.165, 1.54) is 24.9 Å². The van der Waals surface area contributed by atoms with Gasteiger partial charge in [0.2, 0.25) is 0 Å². The van der Waals surface area contributed by atoms with Crippen LogP contribution in [-0.2, 0) is 0 Å². The molecule has 0 saturated heterocycles. The summed E-state index contributed by atoms with van der Waals surface area (Å²) in [7, 11) is 1.42. The van der Waals surface area contributed by atoms with Crippen LogP contribution in [-0.4, -0.2) is 19.3 Å². The summed E-state index contributed by atoms with van der Waals surface area (Å²) in [4.78, 5) is 13.3. The third-order valence-electron chi connectivity index (χ3n) is 3.38. The normalized spacial score (nSPS) is 11.8. The number of carbonyl (C=O) groups excluding carboxylic acids is 1. The van der Waals surface area contributed by atoms with Gasteiger partial charge in [0.05, 0.1) is 18.7 Å². The van der Waals surface area contributed by atoms with E-state index in [-0.39, 0.29) is 17.7 Å². The molecule has 5 heteroatoms. The molecule has 0 bridgehead atoms. The molecule has 0 spiro atoms. The number of hydrogen-bond acceptors (Lipinski definition) is 3. The van der Waals surface area contributed by atoms with E-state index >= 15 is 0 Å². The highest BCUT2D eigenvalue weighted by Crippen LogP contribution is 2.23. The van der Waals surface area contributed by atoms with E-state index in [1.807, 2.05) is 31.4 Å². The Bertz CT molecular complexity index is 675. The molecule has 0 aromatic heterocycles. The van der Waals surface area contributed by atoms with Gasteiger partial charge >= 0.3 is 0 Å². The van der Waals surface area contributed by atoms with Crippen LogP contribution in [0.3, 0.4) is 0 Å². The minimum absolute atomic E-state index is 0.173. The molecule has 0 radical (unpaired) electrons. The van der Waals surface area contributed by atoms with Gasteiger partial charge in [0, 0.05) is 4.90 Å². The number of amides is 1. The predicted molar refractivity (Wildman–Crippen MR) is 87.1 cm³/mol. The van der Waals surface area contributed by atoms with Crippen molar-refractivity contribution in [3.05, 3.63) is 59.4 Å². The fraction of sp³-hybridized carbons (Fsp3) is 0.235. The van der Waals surface area contributed by atoms with Gasteiger partial charge in [-0.1, -0.05) is 18.2 Å². The second kappa shape index (κ2) is 7.31. The molecule has 1 N–H and O–H groups in total. The van der Waals surface area contributed by atoms with Crippen molar-refractivity contribution >= 4 is 17.7 Å². The lowest BCUT2D eigenvalue weighted by molar-refractivity contribution is 0.0937. The fourth-order valence-electron chi connectivity index (χ4n) is 2.14. The number of hydrogen-bond donors (Lipinski definition) is 1. The van der Waals surface area contributed by atoms with Crippen LogP contribution in [0.4, 0.5) is 4.39 Å². The molecule has 1 unspecified atom stereocenters. The minimum Gasteiger partial charge on any atom is -0.494 e. The van der Waals surface area contributed by atoms with E-state index in [2.05, 4.69) is 5.32 Å². The van der Waals surface area contributed by atoms with Gasteiger partial charge in [-0.2, -0.15) is 0 Å². The van der Waals surface area contributed by atoms with E-state index < -0.39 is 5.82 Å². The van der Waals surface area contributed by atoms with Crippen LogP contribution in [0.15, 0.2) is 47.4 Å². The Morgan fingerprint density at radius 2 is 2.00 bits per heavy atom. The first-order valence-electron chi connectivity index (χ1n) is 6.84. The summed E-state index contributed by atoms with van der Waals surface area (Å²) in [5, 5.41) is 2.89. The third kappa shape index (κ3) is 3.60. The average molecular weight is 319 g/mol. The van der Waals surface area contributed by atoms with Crippen molar-refractivity contribution in [2.24, 2.45) is 0 Å². The molecule has 22 heavy (non-hydrogen) atoms. The number of rotatable bonds is 5. The predicted octanol–water partition coefficient (Wildman–Crippen LogP) is 4.05. The minimum atomic E-state index is -0.439. The Morgan fingerprint density at radius 3 is 2.64 bits per heavy atom. The van der Waals surface area contributed by atoms with Crippen molar-refractivity contribution in [1.82, 2.24) is 5.32 Å². The summed E-state index contributed by atoms with van der Waals surface area (Å²) in [6.07, 6.45) is 1.92. The maximum Gasteiger partial charge on any atom is 0.252 e. The smallest absolute Gasteiger partial charge is 0.252 e. The molecule has 2 aromatic carbocycles. The topological polar surface area (TPSA) is 38.3 Å². The molecule has 116 valence electrons. The number of halogens is 1. The van der Waals surface area contributed by atoms with Crippen molar-refractivity contribution in [1.29, 1.82) is 0 Å². The number of thioether (sulfide) groups is 1. The highest BCUT2D eigenvalue weighted by atomic mass is 32.2. The van der Waals surface area contributed by atoms with Crippen LogP contribution in [0.25, 0.3) is 0 Å². The lowest BCUT2D eigenvalue weighted by Crippen LogP contribution is -2.27. The van der Waals surface area contributed by atoms with Crippen molar-refractivity contribution < 1.29 is 13.9 Å². The number of carbonyl (C=O) groups is 1. The molecule has 0 aliphatic heterocycles. The van der Waals surface area contributed by atoms with E-state index in [0.29, 0.717) is 11.1 Å². The van der Waals surface area contributed by atoms with E-state index in [4.69, 9.17) is 4.74 Å². The molecule has 2 aromatic rings. The summed E-state index contributed by atoms with van der Waals surface area (Å²) in [6.45, 7) is 1.82. The van der Waals surface area contributed by atoms with Crippen LogP contribution in [0, 0.1) is 5.82 Å². The lowest BCUT2D eigenvalue weighted by atomic mass is 10.1. The summed E-state index contributed by atoms with van der Waals surface area (Å²) >= 11 is 1.52. The maximum atomic E-state index is 13.7. The largest absolute Gasteiger partial charge is 0.494 e. The van der Waals surface area contributed by atoms with E-state index in [0.717, 1.165) is 4.90 Å². The van der Waals surface area contributed by atoms with Crippen LogP contribution >= 0.6 is 11.8 Å². The Hall–Kier alpha value is -2.01. The van der Waals surface area contributed by atoms with Gasteiger partial charge in [-0.25, -0.2) is 4.39 Å². The molecule has 0 aliphatic carbocycles. The van der Waals surface area contributed by atoms with Crippen LogP contribution in [0.5, 0.6) is 5.75 Å². The van der Waals surface area contributed by atoms with E-state index in [9.17, 15) is 9.18 Å². The van der Waals surface area contributed by atoms with Crippen LogP contribution < -0.4 is 10.1 Å². The zero-order valence-electron chi connectivity index (χ0n) is 12.7. The number of nitrogens with one attached hydrogen (secondary N) is 1. The summed E-state index contributed by atoms with van der Waals surface area (Å²) in [6, 6.07) is 11.8. The Kier molecular flexibility index (Phi) is 5.44. The standard InChI is InChI=1S/C17H18FNO2S/c1-11(12-8-9-15(21-2)14(18)10-12)19-17(20)13-6-4-5-7-16(13)22-3/h4-11H,1-3H3,(H,19,20). The molecule has 1 atom stereocenters. The molecule has 0 fully saturated rings. The maximum absolute atomic E-state index is 13.7. The lowest BCUT2D eigenvalue weighted by Gasteiger charge is -2.16. The zero-order valence-corrected chi connectivity index (χ0v) is 13.5. The van der Waals surface area contributed by atoms with Crippen molar-refractivity contribution in [3.63, 3.8) is 0 Å². The van der Waals surface area contributed by atoms with Gasteiger partial charge in [0.1, 0.15) is 0 Å². The highest BCUT2D eigenvalue weighted by molar-refractivity contribution is 7.98. The second-order valence-electron chi connectivity index (χ2n) is 4.79. The van der Waals surface area contributed by atoms with Gasteiger partial charge < -0.3 is 10.1 Å². The van der Waals surface area contributed by atoms with Crippen molar-refractivity contribution in [3.8, 4) is 5.75 Å². The van der Waals surface area contributed by atoms with Gasteiger partial charge in [-0.05, 0) is 43.0 Å². The van der Waals surface area contributed by atoms with Gasteiger partial charge in [0.25, 0.3) is 5.91 Å². The monoisotopic (exact) mass is 319 g/mol. The first kappa shape index (κ1) is 16.4. The molecule has 3 nitrogen and oxygen atoms in total. The summed E-state index contributed by atoms with van der Waals surface area (Å²) < 4.78 is 18.6. The van der Waals surface area contributed by atoms with Gasteiger partial charge in [-0.15, -0.1) is 11.8 Å². The molecular formula is C17H18FNO2S. The van der Waals surface area contributed by atoms with Gasteiger partial charge in [0.15, 0.2) is 11.6 Å². The van der Waals surface area contributed by atoms with Crippen LogP contribution in [0.2, 0.25) is 0 Å². The first-order chi connectivity index (χ1) is 10.6. The Balaban J connectivity index is 2.16.